The van der Waals surface area contributed by atoms with Crippen LogP contribution in [0.3, 0.4) is 0 Å². The average molecular weight is 751 g/mol. The van der Waals surface area contributed by atoms with Crippen molar-refractivity contribution in [1.82, 2.24) is 15.0 Å². The minimum atomic E-state index is 0.553. The Hall–Kier alpha value is -7.15. The van der Waals surface area contributed by atoms with Crippen LogP contribution in [-0.2, 0) is 6.42 Å². The fraction of sp³-hybridized carbons (Fsp3) is 0.0392. The van der Waals surface area contributed by atoms with Gasteiger partial charge in [-0.15, -0.1) is 11.3 Å². The number of aromatic nitrogens is 3. The molecule has 57 heavy (non-hydrogen) atoms. The molecule has 3 aromatic heterocycles. The van der Waals surface area contributed by atoms with E-state index in [9.17, 15) is 0 Å². The second-order valence-corrected chi connectivity index (χ2v) is 15.3. The SMILES string of the molecule is C1=Cc2sc3c(N(c4ccc(-c5ccccc5)cc4)c4ccc(-c5nc(-c6ccccc6)nc(-c6ccccc6)n5)c5oc6ccccc6c45)cccc3c2CC1. The van der Waals surface area contributed by atoms with Gasteiger partial charge in [0.1, 0.15) is 11.2 Å². The summed E-state index contributed by atoms with van der Waals surface area (Å²) in [6, 6.07) is 59.0. The Morgan fingerprint density at radius 2 is 1.12 bits per heavy atom. The Morgan fingerprint density at radius 3 is 1.84 bits per heavy atom. The zero-order chi connectivity index (χ0) is 37.7. The van der Waals surface area contributed by atoms with E-state index in [2.05, 4.69) is 114 Å². The van der Waals surface area contributed by atoms with Crippen LogP contribution in [-0.4, -0.2) is 15.0 Å². The predicted molar refractivity (Wildman–Crippen MR) is 236 cm³/mol. The number of aryl methyl sites for hydroxylation is 1. The molecule has 10 aromatic rings. The molecule has 11 rings (SSSR count). The fourth-order valence-corrected chi connectivity index (χ4v) is 9.39. The van der Waals surface area contributed by atoms with E-state index in [1.165, 1.54) is 31.7 Å². The van der Waals surface area contributed by atoms with Crippen LogP contribution < -0.4 is 4.90 Å². The molecule has 5 nitrogen and oxygen atoms in total. The lowest BCUT2D eigenvalue weighted by atomic mass is 10.00. The molecule has 6 heteroatoms. The quantitative estimate of drug-likeness (QED) is 0.162. The summed E-state index contributed by atoms with van der Waals surface area (Å²) in [7, 11) is 0. The second kappa shape index (κ2) is 13.9. The highest BCUT2D eigenvalue weighted by Crippen LogP contribution is 2.50. The van der Waals surface area contributed by atoms with Crippen LogP contribution in [0, 0.1) is 0 Å². The summed E-state index contributed by atoms with van der Waals surface area (Å²) in [6.45, 7) is 0. The molecule has 270 valence electrons. The molecule has 0 bridgehead atoms. The molecule has 1 aliphatic rings. The Bertz CT molecular complexity index is 3060. The molecule has 0 atom stereocenters. The number of thiophene rings is 1. The third-order valence-corrected chi connectivity index (χ3v) is 12.1. The monoisotopic (exact) mass is 750 g/mol. The molecule has 3 heterocycles. The standard InChI is InChI=1S/C51H34N4OS/c1-4-15-33(16-5-1)34-27-29-37(30-28-34)55(43-24-14-23-39-38-21-11-13-26-45(38)57-48(39)43)42-32-31-41(47-46(42)40-22-10-12-25-44(40)56-47)51-53-49(35-17-6-2-7-18-35)52-50(54-51)36-19-8-3-9-20-36/h1-10,12-20,22-32H,11,21H2. The minimum absolute atomic E-state index is 0.553. The maximum Gasteiger partial charge on any atom is 0.167 e. The van der Waals surface area contributed by atoms with Crippen molar-refractivity contribution in [2.24, 2.45) is 0 Å². The smallest absolute Gasteiger partial charge is 0.167 e. The van der Waals surface area contributed by atoms with E-state index in [1.807, 2.05) is 84.1 Å². The minimum Gasteiger partial charge on any atom is -0.455 e. The molecule has 0 radical (unpaired) electrons. The van der Waals surface area contributed by atoms with E-state index < -0.39 is 0 Å². The topological polar surface area (TPSA) is 55.1 Å². The Balaban J connectivity index is 1.17. The summed E-state index contributed by atoms with van der Waals surface area (Å²) in [6.07, 6.45) is 6.70. The van der Waals surface area contributed by atoms with Crippen LogP contribution >= 0.6 is 11.3 Å². The van der Waals surface area contributed by atoms with Crippen molar-refractivity contribution in [3.8, 4) is 45.3 Å². The summed E-state index contributed by atoms with van der Waals surface area (Å²) in [5.41, 5.74) is 11.2. The van der Waals surface area contributed by atoms with Gasteiger partial charge in [-0.25, -0.2) is 15.0 Å². The van der Waals surface area contributed by atoms with Crippen LogP contribution in [0.25, 0.3) is 83.4 Å². The van der Waals surface area contributed by atoms with Gasteiger partial charge in [-0.3, -0.25) is 0 Å². The zero-order valence-electron chi connectivity index (χ0n) is 30.8. The molecular formula is C51H34N4OS. The number of benzene rings is 7. The molecule has 0 amide bonds. The normalized spacial score (nSPS) is 12.4. The number of allylic oxidation sites excluding steroid dienone is 1. The molecule has 0 fully saturated rings. The summed E-state index contributed by atoms with van der Waals surface area (Å²) >= 11 is 1.88. The van der Waals surface area contributed by atoms with Crippen LogP contribution in [0.15, 0.2) is 180 Å². The van der Waals surface area contributed by atoms with Crippen molar-refractivity contribution in [2.45, 2.75) is 12.8 Å². The summed E-state index contributed by atoms with van der Waals surface area (Å²) in [4.78, 5) is 19.0. The zero-order valence-corrected chi connectivity index (χ0v) is 31.7. The molecule has 0 saturated heterocycles. The lowest BCUT2D eigenvalue weighted by molar-refractivity contribution is 0.669. The predicted octanol–water partition coefficient (Wildman–Crippen LogP) is 14.1. The third-order valence-electron chi connectivity index (χ3n) is 10.8. The van der Waals surface area contributed by atoms with Crippen molar-refractivity contribution in [2.75, 3.05) is 4.90 Å². The summed E-state index contributed by atoms with van der Waals surface area (Å²) < 4.78 is 8.16. The van der Waals surface area contributed by atoms with Crippen molar-refractivity contribution in [3.63, 3.8) is 0 Å². The van der Waals surface area contributed by atoms with Crippen molar-refractivity contribution < 1.29 is 4.42 Å². The van der Waals surface area contributed by atoms with E-state index in [0.717, 1.165) is 68.5 Å². The second-order valence-electron chi connectivity index (χ2n) is 14.3. The van der Waals surface area contributed by atoms with E-state index in [0.29, 0.717) is 17.5 Å². The molecule has 0 aliphatic heterocycles. The molecule has 0 spiro atoms. The van der Waals surface area contributed by atoms with Crippen LogP contribution in [0.1, 0.15) is 16.9 Å². The average Bonchev–Trinajstić information content (AvgIpc) is 3.87. The first-order valence-corrected chi connectivity index (χ1v) is 20.1. The number of hydrogen-bond acceptors (Lipinski definition) is 6. The lowest BCUT2D eigenvalue weighted by Crippen LogP contribution is -2.11. The number of fused-ring (bicyclic) bond motifs is 6. The number of para-hydroxylation sites is 1. The van der Waals surface area contributed by atoms with Gasteiger partial charge in [0, 0.05) is 27.1 Å². The van der Waals surface area contributed by atoms with Gasteiger partial charge in [-0.1, -0.05) is 140 Å². The fourth-order valence-electron chi connectivity index (χ4n) is 8.10. The van der Waals surface area contributed by atoms with E-state index in [1.54, 1.807) is 0 Å². The lowest BCUT2D eigenvalue weighted by Gasteiger charge is -2.27. The summed E-state index contributed by atoms with van der Waals surface area (Å²) in [5.74, 6) is 1.77. The highest BCUT2D eigenvalue weighted by molar-refractivity contribution is 7.20. The van der Waals surface area contributed by atoms with E-state index in [4.69, 9.17) is 19.4 Å². The van der Waals surface area contributed by atoms with Gasteiger partial charge in [-0.2, -0.15) is 0 Å². The van der Waals surface area contributed by atoms with Gasteiger partial charge in [0.15, 0.2) is 17.5 Å². The highest BCUT2D eigenvalue weighted by Gasteiger charge is 2.26. The first kappa shape index (κ1) is 33.2. The Kier molecular flexibility index (Phi) is 8.07. The number of hydrogen-bond donors (Lipinski definition) is 0. The number of rotatable bonds is 7. The summed E-state index contributed by atoms with van der Waals surface area (Å²) in [5, 5.41) is 3.34. The molecule has 0 saturated carbocycles. The van der Waals surface area contributed by atoms with Gasteiger partial charge in [0.05, 0.1) is 27.0 Å². The molecule has 0 unspecified atom stereocenters. The molecule has 7 aromatic carbocycles. The van der Waals surface area contributed by atoms with E-state index >= 15 is 0 Å². The third kappa shape index (κ3) is 5.81. The van der Waals surface area contributed by atoms with Crippen LogP contribution in [0.5, 0.6) is 0 Å². The van der Waals surface area contributed by atoms with Crippen molar-refractivity contribution in [3.05, 3.63) is 186 Å². The number of anilines is 3. The number of nitrogens with zero attached hydrogens (tertiary/aromatic N) is 4. The van der Waals surface area contributed by atoms with Gasteiger partial charge in [0.25, 0.3) is 0 Å². The van der Waals surface area contributed by atoms with Crippen LogP contribution in [0.2, 0.25) is 0 Å². The molecule has 1 aliphatic carbocycles. The molecular weight excluding hydrogens is 717 g/mol. The molecule has 0 N–H and O–H groups in total. The van der Waals surface area contributed by atoms with Crippen molar-refractivity contribution in [1.29, 1.82) is 0 Å². The van der Waals surface area contributed by atoms with Crippen molar-refractivity contribution >= 4 is 66.5 Å². The first-order valence-electron chi connectivity index (χ1n) is 19.2. The largest absolute Gasteiger partial charge is 0.455 e. The van der Waals surface area contributed by atoms with Gasteiger partial charge in [-0.05, 0) is 77.4 Å². The van der Waals surface area contributed by atoms with E-state index in [-0.39, 0.29) is 0 Å². The Morgan fingerprint density at radius 1 is 0.509 bits per heavy atom. The maximum atomic E-state index is 6.89. The van der Waals surface area contributed by atoms with Crippen LogP contribution in [0.4, 0.5) is 17.1 Å². The van der Waals surface area contributed by atoms with Gasteiger partial charge < -0.3 is 9.32 Å². The Labute approximate surface area is 333 Å². The highest BCUT2D eigenvalue weighted by atomic mass is 32.1. The van der Waals surface area contributed by atoms with Gasteiger partial charge >= 0.3 is 0 Å². The maximum absolute atomic E-state index is 6.89. The first-order chi connectivity index (χ1) is 28.3. The van der Waals surface area contributed by atoms with Gasteiger partial charge in [0.2, 0.25) is 0 Å². The number of furan rings is 1.